The van der Waals surface area contributed by atoms with Gasteiger partial charge in [0.2, 0.25) is 0 Å². The number of hydrogen-bond acceptors (Lipinski definition) is 6. The van der Waals surface area contributed by atoms with Gasteiger partial charge in [-0.25, -0.2) is 4.39 Å². The van der Waals surface area contributed by atoms with Crippen molar-refractivity contribution in [3.05, 3.63) is 93.4 Å². The van der Waals surface area contributed by atoms with E-state index in [-0.39, 0.29) is 5.02 Å². The largest absolute Gasteiger partial charge is 0.379 e. The summed E-state index contributed by atoms with van der Waals surface area (Å²) in [6.45, 7) is 0.417. The Balaban J connectivity index is 1.50. The molecule has 0 radical (unpaired) electrons. The maximum absolute atomic E-state index is 13.6. The smallest absolute Gasteiger partial charge is 0.141 e. The maximum atomic E-state index is 13.6. The number of H-pyrrole nitrogens is 1. The van der Waals surface area contributed by atoms with Crippen molar-refractivity contribution in [3.8, 4) is 17.3 Å². The first-order valence-electron chi connectivity index (χ1n) is 10.5. The summed E-state index contributed by atoms with van der Waals surface area (Å²) in [4.78, 5) is 4.44. The Bertz CT molecular complexity index is 1580. The molecule has 5 aromatic rings. The quantitative estimate of drug-likeness (QED) is 0.216. The van der Waals surface area contributed by atoms with Gasteiger partial charge in [0.1, 0.15) is 23.3 Å². The van der Waals surface area contributed by atoms with Crippen LogP contribution in [0.25, 0.3) is 22.2 Å². The van der Waals surface area contributed by atoms with Crippen LogP contribution in [0.4, 0.5) is 21.5 Å². The number of anilines is 3. The maximum Gasteiger partial charge on any atom is 0.141 e. The molecule has 7 nitrogen and oxygen atoms in total. The van der Waals surface area contributed by atoms with Crippen LogP contribution in [0.2, 0.25) is 5.02 Å². The molecular weight excluding hydrogens is 533 g/mol. The molecular formula is C25H16BrClFN7. The number of aromatic amines is 1. The van der Waals surface area contributed by atoms with Crippen LogP contribution in [0.3, 0.4) is 0 Å². The second kappa shape index (κ2) is 9.70. The van der Waals surface area contributed by atoms with E-state index in [1.54, 1.807) is 6.07 Å². The van der Waals surface area contributed by atoms with Crippen molar-refractivity contribution in [2.75, 3.05) is 10.6 Å². The second-order valence-electron chi connectivity index (χ2n) is 7.61. The van der Waals surface area contributed by atoms with Crippen LogP contribution in [0.5, 0.6) is 0 Å². The molecule has 35 heavy (non-hydrogen) atoms. The van der Waals surface area contributed by atoms with Crippen LogP contribution >= 0.6 is 27.5 Å². The lowest BCUT2D eigenvalue weighted by atomic mass is 10.1. The van der Waals surface area contributed by atoms with Crippen LogP contribution in [0.1, 0.15) is 11.3 Å². The zero-order valence-corrected chi connectivity index (χ0v) is 20.3. The number of fused-ring (bicyclic) bond motifs is 1. The first-order chi connectivity index (χ1) is 17.0. The number of nitriles is 1. The SMILES string of the molecule is N#Cc1cnc2c(Br)cc(NCc3n[nH]nc3-c3ccccc3)cc2c1Nc1ccc(F)c(Cl)c1. The predicted octanol–water partition coefficient (Wildman–Crippen LogP) is 6.80. The van der Waals surface area contributed by atoms with Gasteiger partial charge in [0, 0.05) is 33.0 Å². The van der Waals surface area contributed by atoms with Crippen molar-refractivity contribution in [2.45, 2.75) is 6.54 Å². The second-order valence-corrected chi connectivity index (χ2v) is 8.87. The van der Waals surface area contributed by atoms with Gasteiger partial charge in [-0.1, -0.05) is 41.9 Å². The Labute approximate surface area is 213 Å². The highest BCUT2D eigenvalue weighted by Gasteiger charge is 2.15. The molecule has 3 aromatic carbocycles. The van der Waals surface area contributed by atoms with E-state index in [2.05, 4.69) is 53.0 Å². The molecule has 10 heteroatoms. The first kappa shape index (κ1) is 22.8. The third kappa shape index (κ3) is 4.67. The summed E-state index contributed by atoms with van der Waals surface area (Å²) in [5.74, 6) is -0.519. The summed E-state index contributed by atoms with van der Waals surface area (Å²) < 4.78 is 14.4. The van der Waals surface area contributed by atoms with Crippen molar-refractivity contribution in [2.24, 2.45) is 0 Å². The van der Waals surface area contributed by atoms with Crippen LogP contribution in [-0.2, 0) is 6.54 Å². The van der Waals surface area contributed by atoms with Gasteiger partial charge in [-0.05, 0) is 46.3 Å². The lowest BCUT2D eigenvalue weighted by molar-refractivity contribution is 0.628. The standard InChI is InChI=1S/C25H16BrClFN7/c26-19-9-17(30-13-22-24(34-35-33-22)14-4-2-1-3-5-14)8-18-23(15(11-29)12-31-25(18)19)32-16-6-7-21(28)20(27)10-16/h1-10,12,30H,13H2,(H,31,32)(H,33,34,35). The molecule has 5 rings (SSSR count). The number of pyridine rings is 1. The summed E-state index contributed by atoms with van der Waals surface area (Å²) >= 11 is 9.53. The van der Waals surface area contributed by atoms with E-state index >= 15 is 0 Å². The number of halogens is 3. The van der Waals surface area contributed by atoms with Gasteiger partial charge in [0.15, 0.2) is 0 Å². The van der Waals surface area contributed by atoms with E-state index in [0.717, 1.165) is 27.1 Å². The third-order valence-corrected chi connectivity index (χ3v) is 6.26. The highest BCUT2D eigenvalue weighted by molar-refractivity contribution is 9.10. The minimum Gasteiger partial charge on any atom is -0.379 e. The number of hydrogen-bond donors (Lipinski definition) is 3. The van der Waals surface area contributed by atoms with E-state index in [1.165, 1.54) is 18.3 Å². The molecule has 0 aliphatic rings. The Kier molecular flexibility index (Phi) is 6.31. The van der Waals surface area contributed by atoms with E-state index in [4.69, 9.17) is 11.6 Å². The number of rotatable bonds is 6. The number of benzene rings is 3. The lowest BCUT2D eigenvalue weighted by Crippen LogP contribution is -2.03. The van der Waals surface area contributed by atoms with Gasteiger partial charge in [0.25, 0.3) is 0 Å². The fourth-order valence-electron chi connectivity index (χ4n) is 3.69. The molecule has 3 N–H and O–H groups in total. The monoisotopic (exact) mass is 547 g/mol. The minimum atomic E-state index is -0.519. The molecule has 0 fully saturated rings. The minimum absolute atomic E-state index is 0.0164. The summed E-state index contributed by atoms with van der Waals surface area (Å²) in [7, 11) is 0. The van der Waals surface area contributed by atoms with Crippen molar-refractivity contribution in [1.29, 1.82) is 5.26 Å². The number of nitrogens with zero attached hydrogens (tertiary/aromatic N) is 4. The molecule has 0 aliphatic carbocycles. The molecule has 0 unspecified atom stereocenters. The van der Waals surface area contributed by atoms with Crippen LogP contribution < -0.4 is 10.6 Å². The Morgan fingerprint density at radius 1 is 1.06 bits per heavy atom. The lowest BCUT2D eigenvalue weighted by Gasteiger charge is -2.15. The Morgan fingerprint density at radius 2 is 1.89 bits per heavy atom. The molecule has 0 aliphatic heterocycles. The molecule has 0 saturated carbocycles. The Hall–Kier alpha value is -4.00. The molecule has 2 heterocycles. The fourth-order valence-corrected chi connectivity index (χ4v) is 4.43. The predicted molar refractivity (Wildman–Crippen MR) is 138 cm³/mol. The number of aromatic nitrogens is 4. The van der Waals surface area contributed by atoms with Crippen molar-refractivity contribution in [3.63, 3.8) is 0 Å². The van der Waals surface area contributed by atoms with Gasteiger partial charge in [-0.3, -0.25) is 4.98 Å². The van der Waals surface area contributed by atoms with E-state index < -0.39 is 5.82 Å². The van der Waals surface area contributed by atoms with Crippen LogP contribution in [0.15, 0.2) is 71.3 Å². The highest BCUT2D eigenvalue weighted by Crippen LogP contribution is 2.36. The molecule has 0 saturated heterocycles. The molecule has 172 valence electrons. The molecule has 0 spiro atoms. The van der Waals surface area contributed by atoms with Crippen LogP contribution in [0, 0.1) is 17.1 Å². The molecule has 0 bridgehead atoms. The zero-order chi connectivity index (χ0) is 24.4. The Morgan fingerprint density at radius 3 is 2.66 bits per heavy atom. The average molecular weight is 549 g/mol. The summed E-state index contributed by atoms with van der Waals surface area (Å²) in [6, 6.07) is 20.1. The van der Waals surface area contributed by atoms with E-state index in [0.29, 0.717) is 34.4 Å². The molecule has 0 atom stereocenters. The summed E-state index contributed by atoms with van der Waals surface area (Å²) in [6.07, 6.45) is 1.50. The summed E-state index contributed by atoms with van der Waals surface area (Å²) in [5, 5.41) is 28.2. The van der Waals surface area contributed by atoms with Gasteiger partial charge >= 0.3 is 0 Å². The van der Waals surface area contributed by atoms with Crippen molar-refractivity contribution in [1.82, 2.24) is 20.4 Å². The molecule has 0 amide bonds. The highest BCUT2D eigenvalue weighted by atomic mass is 79.9. The van der Waals surface area contributed by atoms with Crippen LogP contribution in [-0.4, -0.2) is 20.4 Å². The zero-order valence-electron chi connectivity index (χ0n) is 18.0. The normalized spacial score (nSPS) is 10.8. The first-order valence-corrected chi connectivity index (χ1v) is 11.6. The van der Waals surface area contributed by atoms with E-state index in [9.17, 15) is 9.65 Å². The van der Waals surface area contributed by atoms with Crippen molar-refractivity contribution < 1.29 is 4.39 Å². The van der Waals surface area contributed by atoms with E-state index in [1.807, 2.05) is 42.5 Å². The summed E-state index contributed by atoms with van der Waals surface area (Å²) in [5.41, 5.74) is 5.36. The van der Waals surface area contributed by atoms with Gasteiger partial charge < -0.3 is 10.6 Å². The van der Waals surface area contributed by atoms with Crippen molar-refractivity contribution >= 4 is 55.5 Å². The average Bonchev–Trinajstić information content (AvgIpc) is 3.34. The van der Waals surface area contributed by atoms with Gasteiger partial charge in [-0.15, -0.1) is 0 Å². The fraction of sp³-hybridized carbons (Fsp3) is 0.0400. The van der Waals surface area contributed by atoms with Gasteiger partial charge in [-0.2, -0.15) is 20.7 Å². The topological polar surface area (TPSA) is 102 Å². The molecule has 2 aromatic heterocycles. The van der Waals surface area contributed by atoms with Gasteiger partial charge in [0.05, 0.1) is 28.3 Å². The number of nitrogens with one attached hydrogen (secondary N) is 3. The third-order valence-electron chi connectivity index (χ3n) is 5.36.